The van der Waals surface area contributed by atoms with Crippen LogP contribution >= 0.6 is 0 Å². The van der Waals surface area contributed by atoms with E-state index in [1.165, 1.54) is 49.1 Å². The topological polar surface area (TPSA) is 148 Å². The van der Waals surface area contributed by atoms with E-state index in [9.17, 15) is 26.4 Å². The summed E-state index contributed by atoms with van der Waals surface area (Å²) in [7, 11) is -3.95. The van der Waals surface area contributed by atoms with E-state index in [-0.39, 0.29) is 40.0 Å². The SMILES string of the molecule is Cc1nn(C2CCS(=O)(=O)C2)c2[nH]c(COC(=O)c3ccc(S(=O)(=O)N(C)C)cc3)cc(=O)c12. The monoisotopic (exact) mass is 508 g/mol. The normalized spacial score (nSPS) is 17.9. The van der Waals surface area contributed by atoms with E-state index in [0.717, 1.165) is 4.31 Å². The third kappa shape index (κ3) is 4.50. The molecule has 34 heavy (non-hydrogen) atoms. The summed E-state index contributed by atoms with van der Waals surface area (Å²) in [6.45, 7) is 1.44. The lowest BCUT2D eigenvalue weighted by molar-refractivity contribution is 0.0467. The van der Waals surface area contributed by atoms with Gasteiger partial charge in [-0.15, -0.1) is 0 Å². The van der Waals surface area contributed by atoms with Crippen LogP contribution in [0.25, 0.3) is 11.0 Å². The predicted molar refractivity (Wildman–Crippen MR) is 124 cm³/mol. The molecular weight excluding hydrogens is 484 g/mol. The van der Waals surface area contributed by atoms with E-state index in [0.29, 0.717) is 28.8 Å². The maximum Gasteiger partial charge on any atom is 0.338 e. The molecule has 0 radical (unpaired) electrons. The number of aryl methyl sites for hydroxylation is 1. The molecule has 182 valence electrons. The number of ether oxygens (including phenoxy) is 1. The lowest BCUT2D eigenvalue weighted by atomic mass is 10.2. The minimum absolute atomic E-state index is 0.0430. The molecule has 1 aromatic carbocycles. The lowest BCUT2D eigenvalue weighted by Gasteiger charge is -2.12. The van der Waals surface area contributed by atoms with Crippen molar-refractivity contribution in [3.63, 3.8) is 0 Å². The number of sulfonamides is 1. The molecule has 0 saturated carbocycles. The van der Waals surface area contributed by atoms with Crippen LogP contribution < -0.4 is 5.43 Å². The van der Waals surface area contributed by atoms with Gasteiger partial charge < -0.3 is 9.72 Å². The minimum atomic E-state index is -3.62. The summed E-state index contributed by atoms with van der Waals surface area (Å²) in [5.41, 5.74) is 1.02. The molecule has 3 heterocycles. The number of aromatic nitrogens is 3. The Labute approximate surface area is 196 Å². The smallest absolute Gasteiger partial charge is 0.338 e. The molecule has 13 heteroatoms. The number of fused-ring (bicyclic) bond motifs is 1. The van der Waals surface area contributed by atoms with Crippen molar-refractivity contribution in [1.29, 1.82) is 0 Å². The number of benzene rings is 1. The summed E-state index contributed by atoms with van der Waals surface area (Å²) in [4.78, 5) is 28.2. The van der Waals surface area contributed by atoms with Gasteiger partial charge in [-0.3, -0.25) is 4.79 Å². The molecule has 1 saturated heterocycles. The summed E-state index contributed by atoms with van der Waals surface area (Å²) in [6.07, 6.45) is 0.402. The summed E-state index contributed by atoms with van der Waals surface area (Å²) in [6, 6.07) is 6.26. The van der Waals surface area contributed by atoms with E-state index in [1.807, 2.05) is 0 Å². The fourth-order valence-corrected chi connectivity index (χ4v) is 6.49. The second-order valence-electron chi connectivity index (χ2n) is 8.36. The molecule has 1 atom stereocenters. The summed E-state index contributed by atoms with van der Waals surface area (Å²) >= 11 is 0. The Morgan fingerprint density at radius 2 is 1.94 bits per heavy atom. The number of hydrogen-bond acceptors (Lipinski definition) is 8. The third-order valence-corrected chi connectivity index (χ3v) is 9.28. The molecule has 0 amide bonds. The van der Waals surface area contributed by atoms with Gasteiger partial charge in [0.15, 0.2) is 15.3 Å². The van der Waals surface area contributed by atoms with E-state index < -0.39 is 25.8 Å². The van der Waals surface area contributed by atoms with Crippen LogP contribution in [0.4, 0.5) is 0 Å². The molecule has 3 aromatic rings. The number of aromatic amines is 1. The highest BCUT2D eigenvalue weighted by atomic mass is 32.2. The Morgan fingerprint density at radius 3 is 2.53 bits per heavy atom. The summed E-state index contributed by atoms with van der Waals surface area (Å²) in [5, 5.41) is 4.74. The molecule has 0 aliphatic carbocycles. The first-order chi connectivity index (χ1) is 15.9. The molecule has 1 aliphatic heterocycles. The fraction of sp³-hybridized carbons (Fsp3) is 0.381. The molecule has 1 unspecified atom stereocenters. The number of nitrogens with one attached hydrogen (secondary N) is 1. The van der Waals surface area contributed by atoms with E-state index >= 15 is 0 Å². The molecule has 1 aliphatic rings. The number of rotatable bonds is 6. The third-order valence-electron chi connectivity index (χ3n) is 5.70. The molecule has 1 N–H and O–H groups in total. The Morgan fingerprint density at radius 1 is 1.26 bits per heavy atom. The van der Waals surface area contributed by atoms with Gasteiger partial charge in [0.05, 0.1) is 44.8 Å². The van der Waals surface area contributed by atoms with Crippen LogP contribution in [0.3, 0.4) is 0 Å². The van der Waals surface area contributed by atoms with Crippen molar-refractivity contribution in [3.05, 3.63) is 57.5 Å². The van der Waals surface area contributed by atoms with Crippen molar-refractivity contribution in [1.82, 2.24) is 19.1 Å². The van der Waals surface area contributed by atoms with Crippen LogP contribution in [0.1, 0.15) is 34.2 Å². The lowest BCUT2D eigenvalue weighted by Crippen LogP contribution is -2.22. The zero-order chi connectivity index (χ0) is 24.8. The van der Waals surface area contributed by atoms with Crippen molar-refractivity contribution in [2.45, 2.75) is 30.9 Å². The van der Waals surface area contributed by atoms with Gasteiger partial charge in [0.1, 0.15) is 12.3 Å². The maximum atomic E-state index is 12.7. The van der Waals surface area contributed by atoms with Gasteiger partial charge in [0.2, 0.25) is 10.0 Å². The molecule has 4 rings (SSSR count). The minimum Gasteiger partial charge on any atom is -0.456 e. The van der Waals surface area contributed by atoms with Gasteiger partial charge in [0, 0.05) is 20.2 Å². The van der Waals surface area contributed by atoms with Crippen molar-refractivity contribution < 1.29 is 26.4 Å². The Hall–Kier alpha value is -3.03. The van der Waals surface area contributed by atoms with Crippen LogP contribution in [0.2, 0.25) is 0 Å². The predicted octanol–water partition coefficient (Wildman–Crippen LogP) is 1.000. The van der Waals surface area contributed by atoms with Gasteiger partial charge in [-0.1, -0.05) is 0 Å². The van der Waals surface area contributed by atoms with Gasteiger partial charge in [-0.25, -0.2) is 30.6 Å². The van der Waals surface area contributed by atoms with Gasteiger partial charge in [-0.2, -0.15) is 5.10 Å². The molecule has 1 fully saturated rings. The van der Waals surface area contributed by atoms with Crippen LogP contribution in [0.5, 0.6) is 0 Å². The van der Waals surface area contributed by atoms with Crippen molar-refractivity contribution in [2.75, 3.05) is 25.6 Å². The standard InChI is InChI=1S/C21H24N4O7S2/c1-13-19-18(26)10-15(22-20(19)25(23-13)16-8-9-33(28,29)12-16)11-32-21(27)14-4-6-17(7-5-14)34(30,31)24(2)3/h4-7,10,16H,8-9,11-12H2,1-3H3,(H,22,26). The highest BCUT2D eigenvalue weighted by Gasteiger charge is 2.31. The maximum absolute atomic E-state index is 12.7. The second-order valence-corrected chi connectivity index (χ2v) is 12.7. The fourth-order valence-electron chi connectivity index (χ4n) is 3.89. The van der Waals surface area contributed by atoms with Crippen LogP contribution in [-0.4, -0.2) is 67.5 Å². The number of nitrogens with zero attached hydrogens (tertiary/aromatic N) is 3. The van der Waals surface area contributed by atoms with Crippen LogP contribution in [-0.2, 0) is 31.2 Å². The second kappa shape index (κ2) is 8.64. The summed E-state index contributed by atoms with van der Waals surface area (Å²) in [5.74, 6) is -0.681. The van der Waals surface area contributed by atoms with Crippen molar-refractivity contribution >= 4 is 36.9 Å². The number of hydrogen-bond donors (Lipinski definition) is 1. The van der Waals surface area contributed by atoms with Gasteiger partial charge in [0.25, 0.3) is 0 Å². The van der Waals surface area contributed by atoms with Crippen LogP contribution in [0.15, 0.2) is 40.0 Å². The Kier molecular flexibility index (Phi) is 6.12. The quantitative estimate of drug-likeness (QED) is 0.485. The Balaban J connectivity index is 1.55. The highest BCUT2D eigenvalue weighted by Crippen LogP contribution is 2.27. The van der Waals surface area contributed by atoms with Crippen molar-refractivity contribution in [2.24, 2.45) is 0 Å². The molecule has 0 bridgehead atoms. The largest absolute Gasteiger partial charge is 0.456 e. The molecule has 11 nitrogen and oxygen atoms in total. The number of carbonyl (C=O) groups excluding carboxylic acids is 1. The van der Waals surface area contributed by atoms with E-state index in [1.54, 1.807) is 6.92 Å². The first-order valence-electron chi connectivity index (χ1n) is 10.4. The molecule has 0 spiro atoms. The number of pyridine rings is 1. The van der Waals surface area contributed by atoms with Gasteiger partial charge in [-0.05, 0) is 37.6 Å². The number of H-pyrrole nitrogens is 1. The molecule has 2 aromatic heterocycles. The zero-order valence-electron chi connectivity index (χ0n) is 18.8. The van der Waals surface area contributed by atoms with Crippen molar-refractivity contribution in [3.8, 4) is 0 Å². The van der Waals surface area contributed by atoms with E-state index in [4.69, 9.17) is 4.74 Å². The average molecular weight is 509 g/mol. The first kappa shape index (κ1) is 24.1. The van der Waals surface area contributed by atoms with Crippen LogP contribution in [0, 0.1) is 6.92 Å². The number of carbonyl (C=O) groups is 1. The summed E-state index contributed by atoms with van der Waals surface area (Å²) < 4.78 is 56.0. The Bertz CT molecular complexity index is 1540. The molecular formula is C21H24N4O7S2. The average Bonchev–Trinajstić information content (AvgIpc) is 3.30. The first-order valence-corrected chi connectivity index (χ1v) is 13.7. The van der Waals surface area contributed by atoms with Gasteiger partial charge >= 0.3 is 5.97 Å². The number of sulfone groups is 1. The number of esters is 1. The van der Waals surface area contributed by atoms with E-state index in [2.05, 4.69) is 10.1 Å². The zero-order valence-corrected chi connectivity index (χ0v) is 20.4. The highest BCUT2D eigenvalue weighted by molar-refractivity contribution is 7.91.